The molecule has 0 saturated heterocycles. The Morgan fingerprint density at radius 1 is 1.25 bits per heavy atom. The van der Waals surface area contributed by atoms with Gasteiger partial charge < -0.3 is 10.1 Å². The van der Waals surface area contributed by atoms with Crippen molar-refractivity contribution in [2.24, 2.45) is 0 Å². The van der Waals surface area contributed by atoms with Crippen molar-refractivity contribution in [3.05, 3.63) is 74.6 Å². The summed E-state index contributed by atoms with van der Waals surface area (Å²) in [7, 11) is 0. The zero-order valence-electron chi connectivity index (χ0n) is 13.0. The first-order chi connectivity index (χ1) is 11.6. The minimum Gasteiger partial charge on any atom is -0.487 e. The van der Waals surface area contributed by atoms with Gasteiger partial charge in [-0.3, -0.25) is 4.79 Å². The molecule has 0 radical (unpaired) electrons. The van der Waals surface area contributed by atoms with E-state index < -0.39 is 0 Å². The molecule has 0 aliphatic carbocycles. The molecule has 6 heteroatoms. The van der Waals surface area contributed by atoms with Crippen LogP contribution >= 0.6 is 27.3 Å². The first-order valence-electron chi connectivity index (χ1n) is 7.29. The van der Waals surface area contributed by atoms with Gasteiger partial charge in [0.1, 0.15) is 12.4 Å². The van der Waals surface area contributed by atoms with Crippen LogP contribution in [0.25, 0.3) is 0 Å². The molecule has 0 unspecified atom stereocenters. The lowest BCUT2D eigenvalue weighted by Gasteiger charge is -2.08. The summed E-state index contributed by atoms with van der Waals surface area (Å²) >= 11 is 4.98. The highest BCUT2D eigenvalue weighted by atomic mass is 79.9. The Morgan fingerprint density at radius 3 is 2.71 bits per heavy atom. The number of carbonyl (C=O) groups is 1. The summed E-state index contributed by atoms with van der Waals surface area (Å²) < 4.78 is 6.66. The van der Waals surface area contributed by atoms with Crippen LogP contribution in [0.5, 0.6) is 5.75 Å². The van der Waals surface area contributed by atoms with E-state index in [1.807, 2.05) is 30.5 Å². The topological polar surface area (TPSA) is 51.2 Å². The lowest BCUT2D eigenvalue weighted by Crippen LogP contribution is -2.11. The van der Waals surface area contributed by atoms with Crippen LogP contribution < -0.4 is 10.1 Å². The molecule has 2 aromatic carbocycles. The maximum atomic E-state index is 12.3. The van der Waals surface area contributed by atoms with E-state index in [0.29, 0.717) is 17.9 Å². The van der Waals surface area contributed by atoms with Gasteiger partial charge in [0.15, 0.2) is 0 Å². The number of aromatic nitrogens is 1. The van der Waals surface area contributed by atoms with E-state index in [-0.39, 0.29) is 5.91 Å². The minimum atomic E-state index is -0.150. The summed E-state index contributed by atoms with van der Waals surface area (Å²) in [4.78, 5) is 16.5. The second-order valence-corrected chi connectivity index (χ2v) is 6.78. The maximum Gasteiger partial charge on any atom is 0.255 e. The number of hydrogen-bond donors (Lipinski definition) is 1. The molecule has 122 valence electrons. The molecular weight excluding hydrogens is 388 g/mol. The molecule has 1 heterocycles. The number of carbonyl (C=O) groups excluding carboxylic acids is 1. The largest absolute Gasteiger partial charge is 0.487 e. The van der Waals surface area contributed by atoms with Crippen molar-refractivity contribution in [2.45, 2.75) is 13.5 Å². The van der Waals surface area contributed by atoms with Gasteiger partial charge in [-0.2, -0.15) is 0 Å². The summed E-state index contributed by atoms with van der Waals surface area (Å²) in [5.41, 5.74) is 5.09. The summed E-state index contributed by atoms with van der Waals surface area (Å²) in [6.07, 6.45) is 0. The molecule has 0 aliphatic heterocycles. The average molecular weight is 403 g/mol. The van der Waals surface area contributed by atoms with E-state index in [9.17, 15) is 4.79 Å². The quantitative estimate of drug-likeness (QED) is 0.649. The van der Waals surface area contributed by atoms with Crippen molar-refractivity contribution >= 4 is 38.9 Å². The van der Waals surface area contributed by atoms with Gasteiger partial charge in [-0.05, 0) is 55.0 Å². The average Bonchev–Trinajstić information content (AvgIpc) is 3.10. The van der Waals surface area contributed by atoms with Crippen LogP contribution in [0.2, 0.25) is 0 Å². The molecule has 0 spiro atoms. The van der Waals surface area contributed by atoms with Crippen molar-refractivity contribution in [1.82, 2.24) is 4.98 Å². The molecule has 1 N–H and O–H groups in total. The lowest BCUT2D eigenvalue weighted by molar-refractivity contribution is 0.102. The van der Waals surface area contributed by atoms with Gasteiger partial charge in [0.05, 0.1) is 11.2 Å². The van der Waals surface area contributed by atoms with E-state index in [1.54, 1.807) is 29.8 Å². The van der Waals surface area contributed by atoms with Crippen LogP contribution in [0, 0.1) is 6.92 Å². The molecule has 3 aromatic rings. The molecule has 24 heavy (non-hydrogen) atoms. The number of amides is 1. The zero-order chi connectivity index (χ0) is 16.9. The highest BCUT2D eigenvalue weighted by molar-refractivity contribution is 9.10. The molecule has 3 rings (SSSR count). The number of nitrogens with zero attached hydrogens (tertiary/aromatic N) is 1. The van der Waals surface area contributed by atoms with Crippen LogP contribution in [0.15, 0.2) is 57.8 Å². The van der Waals surface area contributed by atoms with Gasteiger partial charge in [0.2, 0.25) is 0 Å². The molecule has 0 bridgehead atoms. The number of rotatable bonds is 5. The highest BCUT2D eigenvalue weighted by Crippen LogP contribution is 2.21. The molecule has 0 aliphatic rings. The maximum absolute atomic E-state index is 12.3. The number of aryl methyl sites for hydroxylation is 1. The number of benzene rings is 2. The van der Waals surface area contributed by atoms with Gasteiger partial charge in [0, 0.05) is 21.1 Å². The minimum absolute atomic E-state index is 0.150. The first-order valence-corrected chi connectivity index (χ1v) is 9.03. The van der Waals surface area contributed by atoms with Crippen LogP contribution in [0.1, 0.15) is 21.6 Å². The van der Waals surface area contributed by atoms with Crippen molar-refractivity contribution in [2.75, 3.05) is 5.32 Å². The smallest absolute Gasteiger partial charge is 0.255 e. The SMILES string of the molecule is Cc1cc(NC(=O)c2ccc(OCc3cscn3)cc2)ccc1Br. The fraction of sp³-hybridized carbons (Fsp3) is 0.111. The molecule has 1 amide bonds. The molecule has 0 fully saturated rings. The second-order valence-electron chi connectivity index (χ2n) is 5.21. The fourth-order valence-electron chi connectivity index (χ4n) is 2.09. The Hall–Kier alpha value is -2.18. The summed E-state index contributed by atoms with van der Waals surface area (Å²) in [5, 5.41) is 4.84. The van der Waals surface area contributed by atoms with E-state index in [1.165, 1.54) is 11.3 Å². The second kappa shape index (κ2) is 7.59. The predicted octanol–water partition coefficient (Wildman–Crippen LogP) is 5.05. The Morgan fingerprint density at radius 2 is 2.04 bits per heavy atom. The third-order valence-corrected chi connectivity index (χ3v) is 4.93. The van der Waals surface area contributed by atoms with Gasteiger partial charge in [-0.1, -0.05) is 15.9 Å². The number of anilines is 1. The third-order valence-electron chi connectivity index (χ3n) is 3.40. The van der Waals surface area contributed by atoms with E-state index in [2.05, 4.69) is 26.2 Å². The Labute approximate surface area is 152 Å². The van der Waals surface area contributed by atoms with Crippen LogP contribution in [0.4, 0.5) is 5.69 Å². The van der Waals surface area contributed by atoms with Gasteiger partial charge in [-0.25, -0.2) is 4.98 Å². The van der Waals surface area contributed by atoms with Crippen LogP contribution in [-0.4, -0.2) is 10.9 Å². The monoisotopic (exact) mass is 402 g/mol. The molecule has 4 nitrogen and oxygen atoms in total. The molecular formula is C18H15BrN2O2S. The number of hydrogen-bond acceptors (Lipinski definition) is 4. The summed E-state index contributed by atoms with van der Waals surface area (Å²) in [6.45, 7) is 2.40. The zero-order valence-corrected chi connectivity index (χ0v) is 15.4. The Kier molecular flexibility index (Phi) is 5.27. The van der Waals surface area contributed by atoms with Crippen molar-refractivity contribution in [3.63, 3.8) is 0 Å². The predicted molar refractivity (Wildman–Crippen MR) is 99.7 cm³/mol. The van der Waals surface area contributed by atoms with Crippen molar-refractivity contribution < 1.29 is 9.53 Å². The van der Waals surface area contributed by atoms with Crippen molar-refractivity contribution in [1.29, 1.82) is 0 Å². The van der Waals surface area contributed by atoms with E-state index >= 15 is 0 Å². The van der Waals surface area contributed by atoms with Gasteiger partial charge >= 0.3 is 0 Å². The molecule has 1 aromatic heterocycles. The van der Waals surface area contributed by atoms with E-state index in [0.717, 1.165) is 21.4 Å². The number of thiazole rings is 1. The standard InChI is InChI=1S/C18H15BrN2O2S/c1-12-8-14(4-7-17(12)19)21-18(22)13-2-5-16(6-3-13)23-9-15-10-24-11-20-15/h2-8,10-11H,9H2,1H3,(H,21,22). The van der Waals surface area contributed by atoms with Crippen molar-refractivity contribution in [3.8, 4) is 5.75 Å². The van der Waals surface area contributed by atoms with Gasteiger partial charge in [-0.15, -0.1) is 11.3 Å². The highest BCUT2D eigenvalue weighted by Gasteiger charge is 2.07. The normalized spacial score (nSPS) is 10.4. The van der Waals surface area contributed by atoms with Crippen LogP contribution in [-0.2, 0) is 6.61 Å². The lowest BCUT2D eigenvalue weighted by atomic mass is 10.2. The number of nitrogens with one attached hydrogen (secondary N) is 1. The Bertz CT molecular complexity index is 833. The number of halogens is 1. The van der Waals surface area contributed by atoms with Crippen LogP contribution in [0.3, 0.4) is 0 Å². The third kappa shape index (κ3) is 4.21. The number of ether oxygens (including phenoxy) is 1. The van der Waals surface area contributed by atoms with Gasteiger partial charge in [0.25, 0.3) is 5.91 Å². The first kappa shape index (κ1) is 16.7. The summed E-state index contributed by atoms with van der Waals surface area (Å²) in [6, 6.07) is 12.8. The van der Waals surface area contributed by atoms with E-state index in [4.69, 9.17) is 4.74 Å². The summed E-state index contributed by atoms with van der Waals surface area (Å²) in [5.74, 6) is 0.557. The Balaban J connectivity index is 1.61. The molecule has 0 saturated carbocycles. The fourth-order valence-corrected chi connectivity index (χ4v) is 2.88. The molecule has 0 atom stereocenters.